The van der Waals surface area contributed by atoms with Crippen molar-refractivity contribution in [2.24, 2.45) is 0 Å². The van der Waals surface area contributed by atoms with Crippen LogP contribution in [-0.4, -0.2) is 27.3 Å². The molecule has 1 aliphatic carbocycles. The Morgan fingerprint density at radius 2 is 2.08 bits per heavy atom. The van der Waals surface area contributed by atoms with Gasteiger partial charge in [0.15, 0.2) is 15.8 Å². The van der Waals surface area contributed by atoms with Crippen molar-refractivity contribution in [3.63, 3.8) is 0 Å². The molecule has 1 amide bonds. The van der Waals surface area contributed by atoms with Crippen LogP contribution in [0, 0.1) is 0 Å². The molecule has 3 aromatic rings. The predicted molar refractivity (Wildman–Crippen MR) is 93.8 cm³/mol. The van der Waals surface area contributed by atoms with Crippen LogP contribution >= 0.6 is 22.9 Å². The van der Waals surface area contributed by atoms with E-state index in [0.717, 1.165) is 12.8 Å². The van der Waals surface area contributed by atoms with E-state index in [2.05, 4.69) is 10.3 Å². The number of hydrogen-bond acceptors (Lipinski definition) is 5. The molecule has 2 aromatic heterocycles. The number of fused-ring (bicyclic) bond motifs is 1. The minimum atomic E-state index is -1.03. The van der Waals surface area contributed by atoms with Gasteiger partial charge in [0, 0.05) is 23.2 Å². The molecule has 4 rings (SSSR count). The van der Waals surface area contributed by atoms with Crippen LogP contribution in [0.15, 0.2) is 41.9 Å². The smallest absolute Gasteiger partial charge is 0.359 e. The predicted octanol–water partition coefficient (Wildman–Crippen LogP) is 3.23. The van der Waals surface area contributed by atoms with Gasteiger partial charge in [-0.05, 0) is 12.8 Å². The molecule has 0 aliphatic heterocycles. The third kappa shape index (κ3) is 3.25. The maximum atomic E-state index is 12.7. The molecule has 1 N–H and O–H groups in total. The number of thiazole rings is 1. The summed E-state index contributed by atoms with van der Waals surface area (Å²) in [6, 6.07) is 9.10. The van der Waals surface area contributed by atoms with Gasteiger partial charge in [0.2, 0.25) is 6.10 Å². The lowest BCUT2D eigenvalue weighted by atomic mass is 10.1. The van der Waals surface area contributed by atoms with Gasteiger partial charge >= 0.3 is 5.97 Å². The number of ether oxygens (including phenoxy) is 1. The molecule has 1 fully saturated rings. The number of halogens is 1. The molecule has 8 heteroatoms. The third-order valence-electron chi connectivity index (χ3n) is 3.90. The summed E-state index contributed by atoms with van der Waals surface area (Å²) in [7, 11) is 0. The summed E-state index contributed by atoms with van der Waals surface area (Å²) < 4.78 is 7.10. The Balaban J connectivity index is 1.63. The van der Waals surface area contributed by atoms with Gasteiger partial charge in [-0.15, -0.1) is 11.3 Å². The minimum absolute atomic E-state index is 0.0614. The van der Waals surface area contributed by atoms with Crippen molar-refractivity contribution in [3.05, 3.63) is 58.3 Å². The van der Waals surface area contributed by atoms with Crippen LogP contribution in [-0.2, 0) is 9.53 Å². The second-order valence-corrected chi connectivity index (χ2v) is 7.02. The van der Waals surface area contributed by atoms with E-state index in [1.807, 2.05) is 6.07 Å². The van der Waals surface area contributed by atoms with Gasteiger partial charge in [0.1, 0.15) is 0 Å². The Kier molecular flexibility index (Phi) is 4.19. The van der Waals surface area contributed by atoms with Crippen molar-refractivity contribution >= 4 is 39.8 Å². The number of esters is 1. The molecule has 0 radical (unpaired) electrons. The molecule has 0 bridgehead atoms. The van der Waals surface area contributed by atoms with Crippen molar-refractivity contribution in [1.29, 1.82) is 0 Å². The summed E-state index contributed by atoms with van der Waals surface area (Å²) in [5, 5.41) is 4.74. The van der Waals surface area contributed by atoms with E-state index >= 15 is 0 Å². The van der Waals surface area contributed by atoms with Crippen LogP contribution in [0.1, 0.15) is 35.0 Å². The molecule has 1 saturated carbocycles. The Hall–Kier alpha value is -2.38. The largest absolute Gasteiger partial charge is 0.443 e. The second-order valence-electron chi connectivity index (χ2n) is 5.79. The zero-order valence-corrected chi connectivity index (χ0v) is 14.6. The first-order valence-corrected chi connectivity index (χ1v) is 9.06. The van der Waals surface area contributed by atoms with Gasteiger partial charge in [-0.2, -0.15) is 0 Å². The maximum absolute atomic E-state index is 12.7. The van der Waals surface area contributed by atoms with E-state index < -0.39 is 12.1 Å². The first-order valence-electron chi connectivity index (χ1n) is 7.81. The topological polar surface area (TPSA) is 72.7 Å². The number of aromatic nitrogens is 2. The van der Waals surface area contributed by atoms with Crippen molar-refractivity contribution in [1.82, 2.24) is 14.7 Å². The highest BCUT2D eigenvalue weighted by molar-refractivity contribution is 7.15. The van der Waals surface area contributed by atoms with Crippen LogP contribution in [0.2, 0.25) is 5.15 Å². The Morgan fingerprint density at radius 1 is 1.32 bits per heavy atom. The Bertz CT molecular complexity index is 933. The number of nitrogens with zero attached hydrogens (tertiary/aromatic N) is 2. The average Bonchev–Trinajstić information content (AvgIpc) is 3.21. The summed E-state index contributed by atoms with van der Waals surface area (Å²) in [4.78, 5) is 30.0. The Morgan fingerprint density at radius 3 is 2.80 bits per heavy atom. The average molecular weight is 376 g/mol. The molecule has 0 saturated heterocycles. The van der Waals surface area contributed by atoms with E-state index in [-0.39, 0.29) is 22.8 Å². The number of nitrogens with one attached hydrogen (secondary N) is 1. The minimum Gasteiger partial charge on any atom is -0.443 e. The quantitative estimate of drug-likeness (QED) is 0.695. The number of amides is 1. The maximum Gasteiger partial charge on any atom is 0.359 e. The highest BCUT2D eigenvalue weighted by atomic mass is 35.5. The van der Waals surface area contributed by atoms with Gasteiger partial charge < -0.3 is 10.1 Å². The van der Waals surface area contributed by atoms with Crippen molar-refractivity contribution in [2.75, 3.05) is 0 Å². The van der Waals surface area contributed by atoms with E-state index in [1.54, 1.807) is 40.2 Å². The van der Waals surface area contributed by atoms with Crippen molar-refractivity contribution < 1.29 is 14.3 Å². The molecule has 25 heavy (non-hydrogen) atoms. The number of rotatable bonds is 5. The number of carbonyl (C=O) groups is 2. The number of benzene rings is 1. The summed E-state index contributed by atoms with van der Waals surface area (Å²) in [5.41, 5.74) is 0.731. The normalized spacial score (nSPS) is 15.1. The molecule has 128 valence electrons. The van der Waals surface area contributed by atoms with Gasteiger partial charge in [0.05, 0.1) is 0 Å². The van der Waals surface area contributed by atoms with Gasteiger partial charge in [-0.3, -0.25) is 9.20 Å². The summed E-state index contributed by atoms with van der Waals surface area (Å²) in [6.07, 6.45) is 2.56. The highest BCUT2D eigenvalue weighted by Gasteiger charge is 2.32. The number of imidazole rings is 1. The lowest BCUT2D eigenvalue weighted by Gasteiger charge is -2.17. The second kappa shape index (κ2) is 6.50. The van der Waals surface area contributed by atoms with Crippen molar-refractivity contribution in [2.45, 2.75) is 25.0 Å². The molecule has 1 aromatic carbocycles. The highest BCUT2D eigenvalue weighted by Crippen LogP contribution is 2.27. The van der Waals surface area contributed by atoms with Gasteiger partial charge in [-0.1, -0.05) is 41.9 Å². The molecule has 0 spiro atoms. The standard InChI is InChI=1S/C17H14ClN3O3S/c18-14-12(21-8-9-25-17(21)20-14)16(23)24-13(10-4-2-1-3-5-10)15(22)19-11-6-7-11/h1-5,8-9,11,13H,6-7H2,(H,19,22)/t13-/m1/s1. The molecule has 1 aliphatic rings. The van der Waals surface area contributed by atoms with Crippen LogP contribution in [0.25, 0.3) is 4.96 Å². The van der Waals surface area contributed by atoms with Crippen LogP contribution in [0.4, 0.5) is 0 Å². The fourth-order valence-electron chi connectivity index (χ4n) is 2.51. The van der Waals surface area contributed by atoms with E-state index in [1.165, 1.54) is 11.3 Å². The van der Waals surface area contributed by atoms with Gasteiger partial charge in [-0.25, -0.2) is 9.78 Å². The third-order valence-corrected chi connectivity index (χ3v) is 4.92. The zero-order chi connectivity index (χ0) is 17.4. The summed E-state index contributed by atoms with van der Waals surface area (Å²) in [6.45, 7) is 0. The fraction of sp³-hybridized carbons (Fsp3) is 0.235. The molecule has 6 nitrogen and oxygen atoms in total. The monoisotopic (exact) mass is 375 g/mol. The van der Waals surface area contributed by atoms with E-state index in [4.69, 9.17) is 16.3 Å². The lowest BCUT2D eigenvalue weighted by Crippen LogP contribution is -2.33. The van der Waals surface area contributed by atoms with Crippen LogP contribution in [0.3, 0.4) is 0 Å². The Labute approximate surface area is 152 Å². The fourth-order valence-corrected chi connectivity index (χ4v) is 3.52. The number of carbonyl (C=O) groups excluding carboxylic acids is 2. The SMILES string of the molecule is O=C(O[C@@H](C(=O)NC1CC1)c1ccccc1)c1c(Cl)nc2sccn12. The summed E-state index contributed by atoms with van der Waals surface area (Å²) in [5.74, 6) is -1.01. The van der Waals surface area contributed by atoms with Gasteiger partial charge in [0.25, 0.3) is 5.91 Å². The molecule has 1 atom stereocenters. The van der Waals surface area contributed by atoms with Crippen LogP contribution < -0.4 is 5.32 Å². The lowest BCUT2D eigenvalue weighted by molar-refractivity contribution is -0.130. The molecular weight excluding hydrogens is 362 g/mol. The molecule has 0 unspecified atom stereocenters. The first kappa shape index (κ1) is 16.1. The zero-order valence-electron chi connectivity index (χ0n) is 13.0. The number of hydrogen-bond donors (Lipinski definition) is 1. The summed E-state index contributed by atoms with van der Waals surface area (Å²) >= 11 is 7.44. The molecular formula is C17H14ClN3O3S. The van der Waals surface area contributed by atoms with Crippen molar-refractivity contribution in [3.8, 4) is 0 Å². The van der Waals surface area contributed by atoms with Crippen LogP contribution in [0.5, 0.6) is 0 Å². The molecule has 2 heterocycles. The van der Waals surface area contributed by atoms with E-state index in [9.17, 15) is 9.59 Å². The first-order chi connectivity index (χ1) is 12.1. The van der Waals surface area contributed by atoms with E-state index in [0.29, 0.717) is 10.5 Å².